The summed E-state index contributed by atoms with van der Waals surface area (Å²) < 4.78 is 1.82. The van der Waals surface area contributed by atoms with Crippen LogP contribution in [-0.2, 0) is 6.42 Å². The first-order valence-corrected chi connectivity index (χ1v) is 6.81. The lowest BCUT2D eigenvalue weighted by Crippen LogP contribution is -2.14. The number of hydrogen-bond donors (Lipinski definition) is 0. The summed E-state index contributed by atoms with van der Waals surface area (Å²) in [6, 6.07) is 12.1. The molecule has 0 saturated heterocycles. The Kier molecular flexibility index (Phi) is 3.63. The molecular weight excluding hydrogens is 250 g/mol. The zero-order valence-electron chi connectivity index (χ0n) is 11.5. The van der Waals surface area contributed by atoms with Gasteiger partial charge in [0, 0.05) is 12.4 Å². The van der Waals surface area contributed by atoms with Crippen molar-refractivity contribution in [2.75, 3.05) is 6.61 Å². The molecule has 0 aliphatic carbocycles. The average molecular weight is 267 g/mol. The quantitative estimate of drug-likeness (QED) is 0.667. The third-order valence-electron chi connectivity index (χ3n) is 3.26. The zero-order valence-corrected chi connectivity index (χ0v) is 11.5. The average Bonchev–Trinajstić information content (AvgIpc) is 2.80. The zero-order chi connectivity index (χ0) is 13.8. The summed E-state index contributed by atoms with van der Waals surface area (Å²) in [5.74, 6) is 0.884. The molecule has 0 amide bonds. The summed E-state index contributed by atoms with van der Waals surface area (Å²) in [6.45, 7) is 2.63. The van der Waals surface area contributed by atoms with Crippen LogP contribution in [0.1, 0.15) is 17.8 Å². The van der Waals surface area contributed by atoms with Gasteiger partial charge in [-0.2, -0.15) is 4.73 Å². The predicted octanol–water partition coefficient (Wildman–Crippen LogP) is 2.80. The van der Waals surface area contributed by atoms with E-state index >= 15 is 0 Å². The molecule has 4 nitrogen and oxygen atoms in total. The Bertz CT molecular complexity index is 691. The summed E-state index contributed by atoms with van der Waals surface area (Å²) in [6.07, 6.45) is 5.61. The fourth-order valence-corrected chi connectivity index (χ4v) is 2.27. The van der Waals surface area contributed by atoms with Crippen LogP contribution >= 0.6 is 0 Å². The maximum atomic E-state index is 5.85. The Balaban J connectivity index is 1.61. The van der Waals surface area contributed by atoms with Crippen molar-refractivity contribution in [1.29, 1.82) is 0 Å². The Labute approximate surface area is 118 Å². The molecule has 2 heterocycles. The van der Waals surface area contributed by atoms with Gasteiger partial charge in [-0.1, -0.05) is 12.1 Å². The molecule has 0 N–H and O–H groups in total. The standard InChI is InChI=1S/C16H17N3O/c1-13-18-15-6-2-3-7-16(15)19(13)20-12-4-5-14-8-10-17-11-9-14/h2-3,6-11H,4-5,12H2,1H3. The molecule has 1 aromatic carbocycles. The number of fused-ring (bicyclic) bond motifs is 1. The highest BCUT2D eigenvalue weighted by Crippen LogP contribution is 2.13. The van der Waals surface area contributed by atoms with Crippen LogP contribution in [0.25, 0.3) is 11.0 Å². The van der Waals surface area contributed by atoms with Gasteiger partial charge >= 0.3 is 0 Å². The van der Waals surface area contributed by atoms with Crippen LogP contribution in [-0.4, -0.2) is 21.3 Å². The number of imidazole rings is 1. The number of rotatable bonds is 5. The van der Waals surface area contributed by atoms with Crippen molar-refractivity contribution in [2.24, 2.45) is 0 Å². The molecule has 0 aliphatic rings. The lowest BCUT2D eigenvalue weighted by atomic mass is 10.1. The SMILES string of the molecule is Cc1nc2ccccc2n1OCCCc1ccncc1. The topological polar surface area (TPSA) is 39.9 Å². The Morgan fingerprint density at radius 2 is 1.90 bits per heavy atom. The van der Waals surface area contributed by atoms with Crippen molar-refractivity contribution in [1.82, 2.24) is 14.7 Å². The molecule has 20 heavy (non-hydrogen) atoms. The van der Waals surface area contributed by atoms with Crippen LogP contribution in [0, 0.1) is 6.92 Å². The third-order valence-corrected chi connectivity index (χ3v) is 3.26. The molecule has 102 valence electrons. The first kappa shape index (κ1) is 12.7. The minimum Gasteiger partial charge on any atom is -0.412 e. The van der Waals surface area contributed by atoms with E-state index in [1.54, 1.807) is 0 Å². The van der Waals surface area contributed by atoms with Gasteiger partial charge in [-0.3, -0.25) is 4.98 Å². The number of aromatic nitrogens is 3. The molecule has 4 heteroatoms. The molecule has 3 rings (SSSR count). The fourth-order valence-electron chi connectivity index (χ4n) is 2.27. The Morgan fingerprint density at radius 1 is 1.10 bits per heavy atom. The van der Waals surface area contributed by atoms with Crippen LogP contribution in [0.2, 0.25) is 0 Å². The van der Waals surface area contributed by atoms with Gasteiger partial charge < -0.3 is 4.84 Å². The van der Waals surface area contributed by atoms with Crippen molar-refractivity contribution in [3.8, 4) is 0 Å². The molecule has 3 aromatic rings. The summed E-state index contributed by atoms with van der Waals surface area (Å²) >= 11 is 0. The van der Waals surface area contributed by atoms with Crippen LogP contribution in [0.15, 0.2) is 48.8 Å². The van der Waals surface area contributed by atoms with E-state index in [2.05, 4.69) is 9.97 Å². The van der Waals surface area contributed by atoms with E-state index in [4.69, 9.17) is 4.84 Å². The Hall–Kier alpha value is -2.36. The fraction of sp³-hybridized carbons (Fsp3) is 0.250. The van der Waals surface area contributed by atoms with Crippen LogP contribution < -0.4 is 4.84 Å². The molecule has 0 saturated carbocycles. The van der Waals surface area contributed by atoms with E-state index in [9.17, 15) is 0 Å². The minimum absolute atomic E-state index is 0.670. The molecule has 0 bridgehead atoms. The minimum atomic E-state index is 0.670. The summed E-state index contributed by atoms with van der Waals surface area (Å²) in [5, 5.41) is 0. The van der Waals surface area contributed by atoms with Crippen LogP contribution in [0.3, 0.4) is 0 Å². The van der Waals surface area contributed by atoms with Crippen molar-refractivity contribution in [3.63, 3.8) is 0 Å². The van der Waals surface area contributed by atoms with E-state index in [0.717, 1.165) is 29.7 Å². The molecule has 0 aliphatic heterocycles. The van der Waals surface area contributed by atoms with Gasteiger partial charge in [0.1, 0.15) is 17.9 Å². The number of nitrogens with zero attached hydrogens (tertiary/aromatic N) is 3. The van der Waals surface area contributed by atoms with Gasteiger partial charge in [0.05, 0.1) is 5.52 Å². The second-order valence-corrected chi connectivity index (χ2v) is 4.73. The van der Waals surface area contributed by atoms with Gasteiger partial charge in [0.2, 0.25) is 0 Å². The van der Waals surface area contributed by atoms with Gasteiger partial charge in [-0.25, -0.2) is 4.98 Å². The number of aryl methyl sites for hydroxylation is 2. The van der Waals surface area contributed by atoms with E-state index < -0.39 is 0 Å². The number of hydrogen-bond acceptors (Lipinski definition) is 3. The highest BCUT2D eigenvalue weighted by Gasteiger charge is 2.06. The second-order valence-electron chi connectivity index (χ2n) is 4.73. The lowest BCUT2D eigenvalue weighted by Gasteiger charge is -2.09. The van der Waals surface area contributed by atoms with Crippen molar-refractivity contribution in [3.05, 3.63) is 60.2 Å². The molecule has 2 aromatic heterocycles. The second kappa shape index (κ2) is 5.74. The molecule has 0 fully saturated rings. The summed E-state index contributed by atoms with van der Waals surface area (Å²) in [5.41, 5.74) is 3.28. The van der Waals surface area contributed by atoms with Crippen molar-refractivity contribution < 1.29 is 4.84 Å². The van der Waals surface area contributed by atoms with Crippen LogP contribution in [0.5, 0.6) is 0 Å². The van der Waals surface area contributed by atoms with E-state index in [-0.39, 0.29) is 0 Å². The molecule has 0 unspecified atom stereocenters. The van der Waals surface area contributed by atoms with Gasteiger partial charge in [0.25, 0.3) is 0 Å². The van der Waals surface area contributed by atoms with E-state index in [1.807, 2.05) is 60.4 Å². The van der Waals surface area contributed by atoms with Crippen LogP contribution in [0.4, 0.5) is 0 Å². The van der Waals surface area contributed by atoms with E-state index in [0.29, 0.717) is 6.61 Å². The predicted molar refractivity (Wildman–Crippen MR) is 78.5 cm³/mol. The number of para-hydroxylation sites is 2. The number of benzene rings is 1. The largest absolute Gasteiger partial charge is 0.412 e. The van der Waals surface area contributed by atoms with Gasteiger partial charge in [-0.15, -0.1) is 0 Å². The molecule has 0 spiro atoms. The van der Waals surface area contributed by atoms with Crippen molar-refractivity contribution >= 4 is 11.0 Å². The highest BCUT2D eigenvalue weighted by atomic mass is 16.7. The first-order chi connectivity index (χ1) is 9.84. The Morgan fingerprint density at radius 3 is 2.75 bits per heavy atom. The smallest absolute Gasteiger partial charge is 0.143 e. The summed E-state index contributed by atoms with van der Waals surface area (Å²) in [7, 11) is 0. The number of pyridine rings is 1. The maximum absolute atomic E-state index is 5.85. The highest BCUT2D eigenvalue weighted by molar-refractivity contribution is 5.75. The van der Waals surface area contributed by atoms with Crippen molar-refractivity contribution in [2.45, 2.75) is 19.8 Å². The van der Waals surface area contributed by atoms with Gasteiger partial charge in [0.15, 0.2) is 0 Å². The van der Waals surface area contributed by atoms with E-state index in [1.165, 1.54) is 5.56 Å². The summed E-state index contributed by atoms with van der Waals surface area (Å²) in [4.78, 5) is 14.3. The maximum Gasteiger partial charge on any atom is 0.143 e. The molecule has 0 radical (unpaired) electrons. The molecule has 0 atom stereocenters. The third kappa shape index (κ3) is 2.64. The molecular formula is C16H17N3O. The van der Waals surface area contributed by atoms with Gasteiger partial charge in [-0.05, 0) is 49.6 Å². The monoisotopic (exact) mass is 267 g/mol. The first-order valence-electron chi connectivity index (χ1n) is 6.81. The normalized spacial score (nSPS) is 10.8. The lowest BCUT2D eigenvalue weighted by molar-refractivity contribution is 0.112.